The number of aliphatic carboxylic acids is 1. The number of carbonyl (C=O) groups is 3. The standard InChI is InChI=1S/C12H14N2O4S2/c15-10(6-13-11(16)9-2-1-4-20-9)14-3-5-19-7-8(14)12(17)18/h1-2,4,8H,3,5-7H2,(H,13,16)(H,17,18). The van der Waals surface area contributed by atoms with E-state index < -0.39 is 12.0 Å². The zero-order valence-electron chi connectivity index (χ0n) is 10.6. The Labute approximate surface area is 124 Å². The number of thioether (sulfide) groups is 1. The van der Waals surface area contributed by atoms with Gasteiger partial charge in [0.1, 0.15) is 6.04 Å². The fourth-order valence-electron chi connectivity index (χ4n) is 1.86. The predicted octanol–water partition coefficient (Wildman–Crippen LogP) is 0.507. The van der Waals surface area contributed by atoms with Gasteiger partial charge < -0.3 is 15.3 Å². The summed E-state index contributed by atoms with van der Waals surface area (Å²) >= 11 is 2.80. The highest BCUT2D eigenvalue weighted by molar-refractivity contribution is 7.99. The monoisotopic (exact) mass is 314 g/mol. The Morgan fingerprint density at radius 2 is 2.25 bits per heavy atom. The zero-order chi connectivity index (χ0) is 14.5. The third kappa shape index (κ3) is 3.51. The molecule has 1 unspecified atom stereocenters. The molecule has 2 heterocycles. The number of nitrogens with zero attached hydrogens (tertiary/aromatic N) is 1. The Kier molecular flexibility index (Phi) is 5.02. The molecule has 1 aromatic rings. The number of hydrogen-bond acceptors (Lipinski definition) is 5. The van der Waals surface area contributed by atoms with E-state index in [2.05, 4.69) is 5.32 Å². The number of thiophene rings is 1. The van der Waals surface area contributed by atoms with Crippen LogP contribution < -0.4 is 5.32 Å². The average molecular weight is 314 g/mol. The number of rotatable bonds is 4. The van der Waals surface area contributed by atoms with Crippen molar-refractivity contribution >= 4 is 40.9 Å². The maximum absolute atomic E-state index is 12.0. The van der Waals surface area contributed by atoms with Gasteiger partial charge in [-0.2, -0.15) is 11.8 Å². The highest BCUT2D eigenvalue weighted by atomic mass is 32.2. The first-order chi connectivity index (χ1) is 9.59. The van der Waals surface area contributed by atoms with Crippen LogP contribution in [-0.4, -0.2) is 58.4 Å². The van der Waals surface area contributed by atoms with Crippen molar-refractivity contribution in [2.75, 3.05) is 24.6 Å². The van der Waals surface area contributed by atoms with Gasteiger partial charge in [0, 0.05) is 18.1 Å². The number of nitrogens with one attached hydrogen (secondary N) is 1. The van der Waals surface area contributed by atoms with Crippen molar-refractivity contribution in [1.29, 1.82) is 0 Å². The summed E-state index contributed by atoms with van der Waals surface area (Å²) in [4.78, 5) is 36.7. The molecule has 2 amide bonds. The molecule has 8 heteroatoms. The van der Waals surface area contributed by atoms with Crippen molar-refractivity contribution in [3.05, 3.63) is 22.4 Å². The summed E-state index contributed by atoms with van der Waals surface area (Å²) in [6, 6.07) is 2.62. The Hall–Kier alpha value is -1.54. The van der Waals surface area contributed by atoms with Crippen LogP contribution >= 0.6 is 23.1 Å². The number of carboxylic acid groups (broad SMARTS) is 1. The van der Waals surface area contributed by atoms with Gasteiger partial charge in [-0.15, -0.1) is 11.3 Å². The first-order valence-corrected chi connectivity index (χ1v) is 8.04. The average Bonchev–Trinajstić information content (AvgIpc) is 2.98. The summed E-state index contributed by atoms with van der Waals surface area (Å²) in [7, 11) is 0. The molecule has 1 saturated heterocycles. The van der Waals surface area contributed by atoms with Crippen LogP contribution in [0, 0.1) is 0 Å². The fourth-order valence-corrected chi connectivity index (χ4v) is 3.54. The normalized spacial score (nSPS) is 18.6. The van der Waals surface area contributed by atoms with E-state index in [1.165, 1.54) is 28.0 Å². The Balaban J connectivity index is 1.90. The minimum absolute atomic E-state index is 0.175. The Morgan fingerprint density at radius 1 is 1.45 bits per heavy atom. The fraction of sp³-hybridized carbons (Fsp3) is 0.417. The van der Waals surface area contributed by atoms with E-state index in [1.54, 1.807) is 17.5 Å². The van der Waals surface area contributed by atoms with Gasteiger partial charge in [-0.1, -0.05) is 6.07 Å². The topological polar surface area (TPSA) is 86.7 Å². The van der Waals surface area contributed by atoms with Crippen LogP contribution in [0.1, 0.15) is 9.67 Å². The summed E-state index contributed by atoms with van der Waals surface area (Å²) in [5, 5.41) is 13.4. The molecule has 1 aromatic heterocycles. The second kappa shape index (κ2) is 6.76. The number of carbonyl (C=O) groups excluding carboxylic acids is 2. The molecular formula is C12H14N2O4S2. The van der Waals surface area contributed by atoms with Crippen LogP contribution in [-0.2, 0) is 9.59 Å². The maximum Gasteiger partial charge on any atom is 0.327 e. The van der Waals surface area contributed by atoms with Crippen molar-refractivity contribution in [3.8, 4) is 0 Å². The van der Waals surface area contributed by atoms with E-state index in [0.29, 0.717) is 22.9 Å². The molecule has 108 valence electrons. The second-order valence-corrected chi connectivity index (χ2v) is 6.27. The molecule has 6 nitrogen and oxygen atoms in total. The van der Waals surface area contributed by atoms with Crippen molar-refractivity contribution < 1.29 is 19.5 Å². The predicted molar refractivity (Wildman–Crippen MR) is 77.1 cm³/mol. The third-order valence-corrected chi connectivity index (χ3v) is 4.77. The third-order valence-electron chi connectivity index (χ3n) is 2.88. The molecular weight excluding hydrogens is 300 g/mol. The largest absolute Gasteiger partial charge is 0.480 e. The van der Waals surface area contributed by atoms with Gasteiger partial charge in [0.05, 0.1) is 11.4 Å². The van der Waals surface area contributed by atoms with Gasteiger partial charge in [-0.3, -0.25) is 9.59 Å². The molecule has 1 fully saturated rings. The highest BCUT2D eigenvalue weighted by Crippen LogP contribution is 2.16. The van der Waals surface area contributed by atoms with E-state index in [9.17, 15) is 14.4 Å². The van der Waals surface area contributed by atoms with Crippen LogP contribution in [0.15, 0.2) is 17.5 Å². The lowest BCUT2D eigenvalue weighted by Gasteiger charge is -2.32. The first kappa shape index (κ1) is 14.9. The zero-order valence-corrected chi connectivity index (χ0v) is 12.2. The summed E-state index contributed by atoms with van der Waals surface area (Å²) in [5.41, 5.74) is 0. The molecule has 0 aliphatic carbocycles. The summed E-state index contributed by atoms with van der Waals surface area (Å²) in [6.45, 7) is 0.223. The minimum Gasteiger partial charge on any atom is -0.480 e. The van der Waals surface area contributed by atoms with Crippen molar-refractivity contribution in [2.24, 2.45) is 0 Å². The van der Waals surface area contributed by atoms with Gasteiger partial charge >= 0.3 is 5.97 Å². The van der Waals surface area contributed by atoms with E-state index >= 15 is 0 Å². The summed E-state index contributed by atoms with van der Waals surface area (Å²) in [6.07, 6.45) is 0. The van der Waals surface area contributed by atoms with Crippen LogP contribution in [0.4, 0.5) is 0 Å². The molecule has 1 atom stereocenters. The van der Waals surface area contributed by atoms with E-state index in [-0.39, 0.29) is 18.4 Å². The lowest BCUT2D eigenvalue weighted by atomic mass is 10.2. The van der Waals surface area contributed by atoms with Gasteiger partial charge in [0.2, 0.25) is 5.91 Å². The van der Waals surface area contributed by atoms with Crippen molar-refractivity contribution in [2.45, 2.75) is 6.04 Å². The lowest BCUT2D eigenvalue weighted by Crippen LogP contribution is -2.53. The van der Waals surface area contributed by atoms with E-state index in [1.807, 2.05) is 0 Å². The van der Waals surface area contributed by atoms with Crippen molar-refractivity contribution in [3.63, 3.8) is 0 Å². The van der Waals surface area contributed by atoms with Crippen molar-refractivity contribution in [1.82, 2.24) is 10.2 Å². The molecule has 0 radical (unpaired) electrons. The molecule has 0 spiro atoms. The van der Waals surface area contributed by atoms with Gasteiger partial charge in [-0.25, -0.2) is 4.79 Å². The SMILES string of the molecule is O=C(NCC(=O)N1CCSCC1C(=O)O)c1cccs1. The molecule has 0 bridgehead atoms. The molecule has 2 N–H and O–H groups in total. The highest BCUT2D eigenvalue weighted by Gasteiger charge is 2.32. The molecule has 1 aliphatic rings. The molecule has 0 aromatic carbocycles. The van der Waals surface area contributed by atoms with Crippen LogP contribution in [0.25, 0.3) is 0 Å². The van der Waals surface area contributed by atoms with Crippen LogP contribution in [0.2, 0.25) is 0 Å². The summed E-state index contributed by atoms with van der Waals surface area (Å²) in [5.74, 6) is -0.571. The van der Waals surface area contributed by atoms with Gasteiger partial charge in [0.15, 0.2) is 0 Å². The summed E-state index contributed by atoms with van der Waals surface area (Å²) < 4.78 is 0. The molecule has 20 heavy (non-hydrogen) atoms. The molecule has 1 aliphatic heterocycles. The van der Waals surface area contributed by atoms with E-state index in [4.69, 9.17) is 5.11 Å². The van der Waals surface area contributed by atoms with Crippen LogP contribution in [0.3, 0.4) is 0 Å². The van der Waals surface area contributed by atoms with E-state index in [0.717, 1.165) is 0 Å². The lowest BCUT2D eigenvalue weighted by molar-refractivity contribution is -0.148. The molecule has 2 rings (SSSR count). The number of hydrogen-bond donors (Lipinski definition) is 2. The Morgan fingerprint density at radius 3 is 2.90 bits per heavy atom. The smallest absolute Gasteiger partial charge is 0.327 e. The van der Waals surface area contributed by atoms with Gasteiger partial charge in [-0.05, 0) is 11.4 Å². The minimum atomic E-state index is -1.00. The molecule has 0 saturated carbocycles. The number of carboxylic acids is 1. The Bertz CT molecular complexity index is 504. The quantitative estimate of drug-likeness (QED) is 0.845. The number of amides is 2. The first-order valence-electron chi connectivity index (χ1n) is 6.01. The maximum atomic E-state index is 12.0. The van der Waals surface area contributed by atoms with Gasteiger partial charge in [0.25, 0.3) is 5.91 Å². The van der Waals surface area contributed by atoms with Crippen LogP contribution in [0.5, 0.6) is 0 Å². The second-order valence-electron chi connectivity index (χ2n) is 4.18.